The molecule has 0 saturated heterocycles. The first-order valence-corrected chi connectivity index (χ1v) is 7.71. The van der Waals surface area contributed by atoms with E-state index < -0.39 is 0 Å². The third kappa shape index (κ3) is 2.56. The molecule has 19 heavy (non-hydrogen) atoms. The van der Waals surface area contributed by atoms with Crippen molar-refractivity contribution in [1.82, 2.24) is 10.3 Å². The molecule has 0 radical (unpaired) electrons. The van der Waals surface area contributed by atoms with Crippen LogP contribution in [0.5, 0.6) is 0 Å². The summed E-state index contributed by atoms with van der Waals surface area (Å²) in [5.74, 6) is 0. The van der Waals surface area contributed by atoms with E-state index in [1.807, 2.05) is 19.3 Å². The van der Waals surface area contributed by atoms with Gasteiger partial charge in [-0.1, -0.05) is 12.1 Å². The van der Waals surface area contributed by atoms with Crippen LogP contribution in [-0.4, -0.2) is 12.0 Å². The topological polar surface area (TPSA) is 24.9 Å². The van der Waals surface area contributed by atoms with Crippen LogP contribution in [0.15, 0.2) is 52.4 Å². The van der Waals surface area contributed by atoms with Gasteiger partial charge in [-0.3, -0.25) is 4.98 Å². The summed E-state index contributed by atoms with van der Waals surface area (Å²) in [6, 6.07) is 12.9. The maximum absolute atomic E-state index is 4.36. The highest BCUT2D eigenvalue weighted by molar-refractivity contribution is 9.10. The zero-order valence-electron chi connectivity index (χ0n) is 10.4. The van der Waals surface area contributed by atoms with Gasteiger partial charge >= 0.3 is 0 Å². The Balaban J connectivity index is 2.06. The third-order valence-corrected chi connectivity index (χ3v) is 4.88. The summed E-state index contributed by atoms with van der Waals surface area (Å²) >= 11 is 5.27. The first-order valence-electron chi connectivity index (χ1n) is 6.04. The molecule has 0 amide bonds. The van der Waals surface area contributed by atoms with Gasteiger partial charge in [-0.25, -0.2) is 0 Å². The average molecular weight is 333 g/mol. The second-order valence-electron chi connectivity index (χ2n) is 4.34. The maximum atomic E-state index is 4.36. The highest BCUT2D eigenvalue weighted by Gasteiger charge is 2.14. The summed E-state index contributed by atoms with van der Waals surface area (Å²) in [6.45, 7) is 0. The number of hydrogen-bond donors (Lipinski definition) is 1. The van der Waals surface area contributed by atoms with Gasteiger partial charge in [0.25, 0.3) is 0 Å². The van der Waals surface area contributed by atoms with Crippen molar-refractivity contribution in [3.05, 3.63) is 62.9 Å². The molecule has 0 fully saturated rings. The quantitative estimate of drug-likeness (QED) is 0.770. The molecule has 0 saturated carbocycles. The highest BCUT2D eigenvalue weighted by atomic mass is 79.9. The number of hydrogen-bond acceptors (Lipinski definition) is 3. The summed E-state index contributed by atoms with van der Waals surface area (Å²) in [4.78, 5) is 5.66. The fraction of sp³-hybridized carbons (Fsp3) is 0.133. The summed E-state index contributed by atoms with van der Waals surface area (Å²) in [5.41, 5.74) is 2.30. The Labute approximate surface area is 124 Å². The molecule has 0 bridgehead atoms. The molecule has 96 valence electrons. The lowest BCUT2D eigenvalue weighted by molar-refractivity contribution is 0.704. The number of benzene rings is 1. The SMILES string of the molecule is CNC(c1ccc2ncccc2c1)c1cc(Br)cs1. The lowest BCUT2D eigenvalue weighted by atomic mass is 10.0. The van der Waals surface area contributed by atoms with E-state index >= 15 is 0 Å². The van der Waals surface area contributed by atoms with Crippen LogP contribution >= 0.6 is 27.3 Å². The van der Waals surface area contributed by atoms with Crippen molar-refractivity contribution in [2.45, 2.75) is 6.04 Å². The molecule has 1 unspecified atom stereocenters. The fourth-order valence-corrected chi connectivity index (χ4v) is 3.81. The van der Waals surface area contributed by atoms with Crippen LogP contribution in [0.3, 0.4) is 0 Å². The maximum Gasteiger partial charge on any atom is 0.0702 e. The van der Waals surface area contributed by atoms with Crippen molar-refractivity contribution in [3.63, 3.8) is 0 Å². The normalized spacial score (nSPS) is 12.7. The molecule has 0 aliphatic carbocycles. The number of thiophene rings is 1. The number of fused-ring (bicyclic) bond motifs is 1. The van der Waals surface area contributed by atoms with Crippen molar-refractivity contribution >= 4 is 38.2 Å². The van der Waals surface area contributed by atoms with E-state index in [0.29, 0.717) is 0 Å². The van der Waals surface area contributed by atoms with Crippen LogP contribution in [0, 0.1) is 0 Å². The van der Waals surface area contributed by atoms with Crippen LogP contribution in [0.2, 0.25) is 0 Å². The van der Waals surface area contributed by atoms with E-state index in [1.165, 1.54) is 15.8 Å². The van der Waals surface area contributed by atoms with Crippen LogP contribution < -0.4 is 5.32 Å². The molecule has 0 aliphatic heterocycles. The van der Waals surface area contributed by atoms with E-state index in [0.717, 1.165) is 9.99 Å². The molecule has 1 atom stereocenters. The van der Waals surface area contributed by atoms with Crippen LogP contribution in [0.1, 0.15) is 16.5 Å². The van der Waals surface area contributed by atoms with E-state index in [1.54, 1.807) is 11.3 Å². The fourth-order valence-electron chi connectivity index (χ4n) is 2.23. The van der Waals surface area contributed by atoms with Gasteiger partial charge < -0.3 is 5.32 Å². The number of halogens is 1. The first kappa shape index (κ1) is 12.8. The van der Waals surface area contributed by atoms with Gasteiger partial charge in [0.15, 0.2) is 0 Å². The number of pyridine rings is 1. The van der Waals surface area contributed by atoms with Gasteiger partial charge in [-0.05, 0) is 52.8 Å². The smallest absolute Gasteiger partial charge is 0.0702 e. The molecule has 0 aliphatic rings. The number of nitrogens with one attached hydrogen (secondary N) is 1. The molecule has 1 N–H and O–H groups in total. The minimum absolute atomic E-state index is 0.223. The Bertz CT molecular complexity index is 708. The second-order valence-corrected chi connectivity index (χ2v) is 6.20. The molecule has 3 rings (SSSR count). The van der Waals surface area contributed by atoms with Crippen molar-refractivity contribution in [2.75, 3.05) is 7.05 Å². The van der Waals surface area contributed by atoms with Crippen molar-refractivity contribution < 1.29 is 0 Å². The van der Waals surface area contributed by atoms with E-state index in [4.69, 9.17) is 0 Å². The molecule has 2 heterocycles. The molecular formula is C15H13BrN2S. The van der Waals surface area contributed by atoms with Gasteiger partial charge in [0.1, 0.15) is 0 Å². The predicted molar refractivity (Wildman–Crippen MR) is 84.7 cm³/mol. The summed E-state index contributed by atoms with van der Waals surface area (Å²) in [5, 5.41) is 6.67. The standard InChI is InChI=1S/C15H13BrN2S/c1-17-15(14-8-12(16)9-19-14)11-4-5-13-10(7-11)3-2-6-18-13/h2-9,15,17H,1H3. The highest BCUT2D eigenvalue weighted by Crippen LogP contribution is 2.30. The van der Waals surface area contributed by atoms with Crippen LogP contribution in [0.25, 0.3) is 10.9 Å². The molecule has 0 spiro atoms. The predicted octanol–water partition coefficient (Wildman–Crippen LogP) is 4.37. The largest absolute Gasteiger partial charge is 0.309 e. The van der Waals surface area contributed by atoms with Gasteiger partial charge in [0.2, 0.25) is 0 Å². The summed E-state index contributed by atoms with van der Waals surface area (Å²) in [7, 11) is 1.99. The van der Waals surface area contributed by atoms with Gasteiger partial charge in [0, 0.05) is 26.3 Å². The Hall–Kier alpha value is -1.23. The Morgan fingerprint density at radius 3 is 2.89 bits per heavy atom. The second kappa shape index (κ2) is 5.41. The zero-order chi connectivity index (χ0) is 13.2. The molecule has 2 nitrogen and oxygen atoms in total. The summed E-state index contributed by atoms with van der Waals surface area (Å²) in [6.07, 6.45) is 1.83. The first-order chi connectivity index (χ1) is 9.28. The monoisotopic (exact) mass is 332 g/mol. The van der Waals surface area contributed by atoms with Crippen molar-refractivity contribution in [3.8, 4) is 0 Å². The van der Waals surface area contributed by atoms with Crippen molar-refractivity contribution in [1.29, 1.82) is 0 Å². The Morgan fingerprint density at radius 1 is 1.26 bits per heavy atom. The molecule has 1 aromatic carbocycles. The zero-order valence-corrected chi connectivity index (χ0v) is 12.8. The number of aromatic nitrogens is 1. The van der Waals surface area contributed by atoms with E-state index in [2.05, 4.69) is 61.9 Å². The lowest BCUT2D eigenvalue weighted by Crippen LogP contribution is -2.16. The third-order valence-electron chi connectivity index (χ3n) is 3.12. The van der Waals surface area contributed by atoms with E-state index in [-0.39, 0.29) is 6.04 Å². The summed E-state index contributed by atoms with van der Waals surface area (Å²) < 4.78 is 1.13. The van der Waals surface area contributed by atoms with Gasteiger partial charge in [-0.15, -0.1) is 11.3 Å². The van der Waals surface area contributed by atoms with E-state index in [9.17, 15) is 0 Å². The van der Waals surface area contributed by atoms with Crippen LogP contribution in [-0.2, 0) is 0 Å². The molecule has 4 heteroatoms. The number of nitrogens with zero attached hydrogens (tertiary/aromatic N) is 1. The number of rotatable bonds is 3. The van der Waals surface area contributed by atoms with Gasteiger partial charge in [0.05, 0.1) is 11.6 Å². The van der Waals surface area contributed by atoms with Gasteiger partial charge in [-0.2, -0.15) is 0 Å². The van der Waals surface area contributed by atoms with Crippen molar-refractivity contribution in [2.24, 2.45) is 0 Å². The molecule has 2 aromatic heterocycles. The molecule has 3 aromatic rings. The lowest BCUT2D eigenvalue weighted by Gasteiger charge is -2.15. The minimum Gasteiger partial charge on any atom is -0.309 e. The Kier molecular flexibility index (Phi) is 3.64. The average Bonchev–Trinajstić information content (AvgIpc) is 2.86. The van der Waals surface area contributed by atoms with Crippen LogP contribution in [0.4, 0.5) is 0 Å². The molecular weight excluding hydrogens is 320 g/mol. The Morgan fingerprint density at radius 2 is 2.16 bits per heavy atom. The minimum atomic E-state index is 0.223.